The number of alkyl halides is 3. The molecule has 0 spiro atoms. The van der Waals surface area contributed by atoms with E-state index in [1.54, 1.807) is 6.92 Å². The molecule has 180 valence electrons. The van der Waals surface area contributed by atoms with Crippen molar-refractivity contribution in [1.82, 2.24) is 4.98 Å². The number of esters is 1. The van der Waals surface area contributed by atoms with Gasteiger partial charge in [-0.05, 0) is 54.4 Å². The van der Waals surface area contributed by atoms with E-state index in [0.29, 0.717) is 0 Å². The zero-order chi connectivity index (χ0) is 25.3. The second kappa shape index (κ2) is 9.90. The fourth-order valence-electron chi connectivity index (χ4n) is 3.61. The first-order valence-electron chi connectivity index (χ1n) is 10.1. The maximum absolute atomic E-state index is 14.3. The van der Waals surface area contributed by atoms with Gasteiger partial charge in [0.25, 0.3) is 0 Å². The highest BCUT2D eigenvalue weighted by Gasteiger charge is 2.59. The maximum atomic E-state index is 14.3. The molecule has 0 amide bonds. The molecule has 0 radical (unpaired) electrons. The maximum Gasteiger partial charge on any atom is 0.422 e. The van der Waals surface area contributed by atoms with E-state index in [4.69, 9.17) is 27.9 Å². The highest BCUT2D eigenvalue weighted by atomic mass is 35.5. The Morgan fingerprint density at radius 3 is 2.41 bits per heavy atom. The largest absolute Gasteiger partial charge is 0.462 e. The van der Waals surface area contributed by atoms with Crippen molar-refractivity contribution in [1.29, 1.82) is 0 Å². The van der Waals surface area contributed by atoms with Crippen molar-refractivity contribution < 1.29 is 32.2 Å². The standard InChI is InChI=1S/C24H19Cl2F4NO3/c1-3-34-22(32)18-10-14(4-7-19(18)25)21-11-15(8-9-31-21)23(33,24(28,29)30)13(2)17-6-5-16(27)12-20(17)26/h4-13,33H,3H2,1-2H3. The summed E-state index contributed by atoms with van der Waals surface area (Å²) in [4.78, 5) is 16.2. The summed E-state index contributed by atoms with van der Waals surface area (Å²) in [6.07, 6.45) is -4.02. The summed E-state index contributed by atoms with van der Waals surface area (Å²) < 4.78 is 61.3. The summed E-state index contributed by atoms with van der Waals surface area (Å²) in [5.74, 6) is -3.02. The number of carbonyl (C=O) groups excluding carboxylic acids is 1. The van der Waals surface area contributed by atoms with E-state index >= 15 is 0 Å². The molecule has 0 saturated heterocycles. The van der Waals surface area contributed by atoms with E-state index in [2.05, 4.69) is 4.98 Å². The third-order valence-corrected chi connectivity index (χ3v) is 6.10. The molecule has 0 aliphatic heterocycles. The number of hydrogen-bond acceptors (Lipinski definition) is 4. The first kappa shape index (κ1) is 25.9. The highest BCUT2D eigenvalue weighted by molar-refractivity contribution is 6.33. The fourth-order valence-corrected chi connectivity index (χ4v) is 4.14. The van der Waals surface area contributed by atoms with Crippen molar-refractivity contribution in [3.8, 4) is 11.3 Å². The third-order valence-electron chi connectivity index (χ3n) is 5.45. The lowest BCUT2D eigenvalue weighted by molar-refractivity contribution is -0.274. The Balaban J connectivity index is 2.13. The van der Waals surface area contributed by atoms with Gasteiger partial charge in [-0.2, -0.15) is 13.2 Å². The zero-order valence-electron chi connectivity index (χ0n) is 18.0. The van der Waals surface area contributed by atoms with E-state index in [1.165, 1.54) is 18.2 Å². The van der Waals surface area contributed by atoms with Crippen molar-refractivity contribution in [2.24, 2.45) is 0 Å². The van der Waals surface area contributed by atoms with Gasteiger partial charge in [-0.1, -0.05) is 42.3 Å². The van der Waals surface area contributed by atoms with Crippen LogP contribution < -0.4 is 0 Å². The molecule has 0 fully saturated rings. The van der Waals surface area contributed by atoms with Crippen LogP contribution in [0.4, 0.5) is 17.6 Å². The lowest BCUT2D eigenvalue weighted by atomic mass is 9.77. The fraction of sp³-hybridized carbons (Fsp3) is 0.250. The van der Waals surface area contributed by atoms with Crippen molar-refractivity contribution in [3.05, 3.63) is 87.3 Å². The molecule has 2 unspecified atom stereocenters. The smallest absolute Gasteiger partial charge is 0.422 e. The average molecular weight is 516 g/mol. The molecule has 34 heavy (non-hydrogen) atoms. The second-order valence-electron chi connectivity index (χ2n) is 7.50. The van der Waals surface area contributed by atoms with Crippen LogP contribution in [0.25, 0.3) is 11.3 Å². The molecule has 0 aliphatic carbocycles. The van der Waals surface area contributed by atoms with Crippen LogP contribution in [-0.2, 0) is 10.3 Å². The molecule has 1 N–H and O–H groups in total. The Labute approximate surface area is 203 Å². The van der Waals surface area contributed by atoms with E-state index in [-0.39, 0.29) is 39.0 Å². The van der Waals surface area contributed by atoms with Gasteiger partial charge >= 0.3 is 12.1 Å². The summed E-state index contributed by atoms with van der Waals surface area (Å²) in [6, 6.07) is 9.28. The van der Waals surface area contributed by atoms with Gasteiger partial charge in [-0.25, -0.2) is 9.18 Å². The summed E-state index contributed by atoms with van der Waals surface area (Å²) in [7, 11) is 0. The molecule has 0 saturated carbocycles. The van der Waals surface area contributed by atoms with Gasteiger partial charge in [0, 0.05) is 22.7 Å². The predicted molar refractivity (Wildman–Crippen MR) is 120 cm³/mol. The Kier molecular flexibility index (Phi) is 7.55. The summed E-state index contributed by atoms with van der Waals surface area (Å²) in [5.41, 5.74) is -3.62. The first-order chi connectivity index (χ1) is 15.9. The first-order valence-corrected chi connectivity index (χ1v) is 10.8. The molecule has 1 heterocycles. The van der Waals surface area contributed by atoms with Gasteiger partial charge < -0.3 is 9.84 Å². The van der Waals surface area contributed by atoms with Gasteiger partial charge in [-0.15, -0.1) is 0 Å². The van der Waals surface area contributed by atoms with Crippen LogP contribution in [0.1, 0.15) is 41.3 Å². The van der Waals surface area contributed by atoms with E-state index in [9.17, 15) is 27.5 Å². The molecule has 1 aromatic heterocycles. The minimum Gasteiger partial charge on any atom is -0.462 e. The number of pyridine rings is 1. The number of aromatic nitrogens is 1. The zero-order valence-corrected chi connectivity index (χ0v) is 19.5. The molecule has 2 atom stereocenters. The van der Waals surface area contributed by atoms with Crippen LogP contribution in [0.15, 0.2) is 54.7 Å². The van der Waals surface area contributed by atoms with Crippen molar-refractivity contribution in [2.45, 2.75) is 31.5 Å². The SMILES string of the molecule is CCOC(=O)c1cc(-c2cc(C(O)(C(C)c3ccc(F)cc3Cl)C(F)(F)F)ccn2)ccc1Cl. The monoisotopic (exact) mass is 515 g/mol. The predicted octanol–water partition coefficient (Wildman–Crippen LogP) is 6.92. The molecule has 3 aromatic rings. The van der Waals surface area contributed by atoms with Gasteiger partial charge in [0.15, 0.2) is 5.60 Å². The lowest BCUT2D eigenvalue weighted by Crippen LogP contribution is -2.46. The summed E-state index contributed by atoms with van der Waals surface area (Å²) in [5, 5.41) is 10.9. The number of aliphatic hydroxyl groups is 1. The van der Waals surface area contributed by atoms with Gasteiger partial charge in [0.1, 0.15) is 5.82 Å². The van der Waals surface area contributed by atoms with Crippen molar-refractivity contribution in [3.63, 3.8) is 0 Å². The molecular weight excluding hydrogens is 497 g/mol. The second-order valence-corrected chi connectivity index (χ2v) is 8.31. The lowest BCUT2D eigenvalue weighted by Gasteiger charge is -2.37. The van der Waals surface area contributed by atoms with Gasteiger partial charge in [0.05, 0.1) is 22.9 Å². The average Bonchev–Trinajstić information content (AvgIpc) is 2.78. The summed E-state index contributed by atoms with van der Waals surface area (Å²) >= 11 is 12.1. The van der Waals surface area contributed by atoms with Crippen LogP contribution in [0.2, 0.25) is 10.0 Å². The minimum atomic E-state index is -5.13. The Morgan fingerprint density at radius 2 is 1.79 bits per heavy atom. The topological polar surface area (TPSA) is 59.4 Å². The van der Waals surface area contributed by atoms with Crippen molar-refractivity contribution in [2.75, 3.05) is 6.61 Å². The van der Waals surface area contributed by atoms with Crippen molar-refractivity contribution >= 4 is 29.2 Å². The van der Waals surface area contributed by atoms with Crippen LogP contribution in [0, 0.1) is 5.82 Å². The molecule has 4 nitrogen and oxygen atoms in total. The number of ether oxygens (including phenoxy) is 1. The minimum absolute atomic E-state index is 0.0192. The van der Waals surface area contributed by atoms with E-state index in [0.717, 1.165) is 43.5 Å². The Bertz CT molecular complexity index is 1220. The molecular formula is C24H19Cl2F4NO3. The highest BCUT2D eigenvalue weighted by Crippen LogP contribution is 2.50. The molecule has 2 aromatic carbocycles. The van der Waals surface area contributed by atoms with Crippen LogP contribution in [0.5, 0.6) is 0 Å². The number of halogens is 6. The quantitative estimate of drug-likeness (QED) is 0.285. The Morgan fingerprint density at radius 1 is 1.09 bits per heavy atom. The number of carbonyl (C=O) groups is 1. The molecule has 10 heteroatoms. The van der Waals surface area contributed by atoms with Gasteiger partial charge in [-0.3, -0.25) is 4.98 Å². The molecule has 0 bridgehead atoms. The number of hydrogen-bond donors (Lipinski definition) is 1. The summed E-state index contributed by atoms with van der Waals surface area (Å²) in [6.45, 7) is 2.87. The number of nitrogens with zero attached hydrogens (tertiary/aromatic N) is 1. The normalized spacial score (nSPS) is 14.4. The van der Waals surface area contributed by atoms with Crippen LogP contribution in [-0.4, -0.2) is 28.8 Å². The van der Waals surface area contributed by atoms with Crippen LogP contribution >= 0.6 is 23.2 Å². The Hall–Kier alpha value is -2.68. The number of rotatable bonds is 6. The van der Waals surface area contributed by atoms with Crippen LogP contribution in [0.3, 0.4) is 0 Å². The van der Waals surface area contributed by atoms with E-state index < -0.39 is 35.0 Å². The number of benzene rings is 2. The van der Waals surface area contributed by atoms with E-state index in [1.807, 2.05) is 0 Å². The molecule has 0 aliphatic rings. The van der Waals surface area contributed by atoms with Gasteiger partial charge in [0.2, 0.25) is 0 Å². The third kappa shape index (κ3) is 4.89. The molecule has 3 rings (SSSR count).